The van der Waals surface area contributed by atoms with E-state index in [2.05, 4.69) is 60.0 Å². The van der Waals surface area contributed by atoms with Crippen molar-refractivity contribution in [3.8, 4) is 0 Å². The fourth-order valence-corrected chi connectivity index (χ4v) is 3.53. The monoisotopic (exact) mass is 396 g/mol. The predicted molar refractivity (Wildman–Crippen MR) is 120 cm³/mol. The highest BCUT2D eigenvalue weighted by Crippen LogP contribution is 2.10. The summed E-state index contributed by atoms with van der Waals surface area (Å²) in [6.45, 7) is 13.4. The molecule has 158 valence electrons. The molecule has 4 heteroatoms. The molecule has 2 aromatic carbocycles. The van der Waals surface area contributed by atoms with Crippen LogP contribution >= 0.6 is 0 Å². The van der Waals surface area contributed by atoms with Crippen molar-refractivity contribution >= 4 is 5.78 Å². The molecule has 0 radical (unpaired) electrons. The summed E-state index contributed by atoms with van der Waals surface area (Å²) in [6.07, 6.45) is 0.517. The Morgan fingerprint density at radius 2 is 1.55 bits per heavy atom. The third kappa shape index (κ3) is 8.90. The highest BCUT2D eigenvalue weighted by molar-refractivity contribution is 5.77. The number of Topliss-reactive ketones (excluding diaryl/α,β-unsaturated/α-hetero) is 1. The Bertz CT molecular complexity index is 748. The number of hydrogen-bond acceptors (Lipinski definition) is 4. The number of aliphatic hydroxyl groups excluding tert-OH is 1. The predicted octanol–water partition coefficient (Wildman–Crippen LogP) is 3.62. The Labute approximate surface area is 176 Å². The third-order valence-electron chi connectivity index (χ3n) is 5.21. The van der Waals surface area contributed by atoms with Gasteiger partial charge < -0.3 is 5.11 Å². The van der Waals surface area contributed by atoms with Crippen molar-refractivity contribution < 1.29 is 9.90 Å². The van der Waals surface area contributed by atoms with Crippen LogP contribution in [0.5, 0.6) is 0 Å². The molecule has 0 bridgehead atoms. The molecular weight excluding hydrogens is 360 g/mol. The van der Waals surface area contributed by atoms with Crippen molar-refractivity contribution in [1.82, 2.24) is 9.80 Å². The number of ketones is 1. The van der Waals surface area contributed by atoms with Crippen LogP contribution in [0.3, 0.4) is 0 Å². The summed E-state index contributed by atoms with van der Waals surface area (Å²) in [5.74, 6) is 0.266. The van der Waals surface area contributed by atoms with Crippen LogP contribution in [0.15, 0.2) is 48.5 Å². The number of carbonyl (C=O) groups is 1. The first-order valence-electron chi connectivity index (χ1n) is 10.6. The molecule has 0 spiro atoms. The summed E-state index contributed by atoms with van der Waals surface area (Å²) < 4.78 is 0. The molecule has 1 aliphatic heterocycles. The van der Waals surface area contributed by atoms with Crippen molar-refractivity contribution in [2.75, 3.05) is 32.7 Å². The number of benzene rings is 2. The van der Waals surface area contributed by atoms with Crippen molar-refractivity contribution in [3.63, 3.8) is 0 Å². The van der Waals surface area contributed by atoms with E-state index in [9.17, 15) is 4.79 Å². The molecule has 1 heterocycles. The number of hydrogen-bond donors (Lipinski definition) is 1. The topological polar surface area (TPSA) is 43.8 Å². The molecule has 1 N–H and O–H groups in total. The second-order valence-electron chi connectivity index (χ2n) is 8.22. The van der Waals surface area contributed by atoms with E-state index in [0.29, 0.717) is 6.54 Å². The maximum atomic E-state index is 11.1. The van der Waals surface area contributed by atoms with Crippen LogP contribution in [-0.2, 0) is 17.8 Å². The minimum absolute atomic E-state index is 0.240. The van der Waals surface area contributed by atoms with Gasteiger partial charge in [-0.15, -0.1) is 0 Å². The van der Waals surface area contributed by atoms with E-state index >= 15 is 0 Å². The second kappa shape index (κ2) is 11.9. The fourth-order valence-electron chi connectivity index (χ4n) is 3.53. The lowest BCUT2D eigenvalue weighted by molar-refractivity contribution is -0.118. The van der Waals surface area contributed by atoms with Crippen molar-refractivity contribution in [1.29, 1.82) is 0 Å². The standard InChI is InChI=1S/C15H22N2O.C10H14O/c1-13-3-5-15(6-4-13)12-17-9-7-16(8-10-17)11-14(2)18;1-8-5-3-4-6-10(8)7-9(2)11/h3-6H,7-12H2,1-2H3;3-6,9,11H,7H2,1-2H3. The average Bonchev–Trinajstić information content (AvgIpc) is 2.67. The van der Waals surface area contributed by atoms with Crippen molar-refractivity contribution in [2.45, 2.75) is 46.8 Å². The van der Waals surface area contributed by atoms with E-state index in [0.717, 1.165) is 39.1 Å². The van der Waals surface area contributed by atoms with E-state index < -0.39 is 0 Å². The molecular formula is C25H36N2O2. The minimum atomic E-state index is -0.240. The van der Waals surface area contributed by atoms with Crippen LogP contribution in [0.1, 0.15) is 36.1 Å². The Kier molecular flexibility index (Phi) is 9.52. The molecule has 1 aliphatic rings. The summed E-state index contributed by atoms with van der Waals surface area (Å²) in [4.78, 5) is 15.8. The third-order valence-corrected chi connectivity index (χ3v) is 5.21. The Hall–Kier alpha value is -2.01. The molecule has 0 amide bonds. The molecule has 4 nitrogen and oxygen atoms in total. The maximum Gasteiger partial charge on any atom is 0.143 e. The van der Waals surface area contributed by atoms with Gasteiger partial charge in [-0.2, -0.15) is 0 Å². The second-order valence-corrected chi connectivity index (χ2v) is 8.22. The van der Waals surface area contributed by atoms with E-state index in [1.807, 2.05) is 19.1 Å². The first kappa shape index (κ1) is 23.3. The zero-order chi connectivity index (χ0) is 21.2. The van der Waals surface area contributed by atoms with Crippen molar-refractivity contribution in [2.24, 2.45) is 0 Å². The van der Waals surface area contributed by atoms with Crippen LogP contribution < -0.4 is 0 Å². The summed E-state index contributed by atoms with van der Waals surface area (Å²) in [5.41, 5.74) is 5.18. The van der Waals surface area contributed by atoms with Gasteiger partial charge in [0.15, 0.2) is 0 Å². The van der Waals surface area contributed by atoms with E-state index in [-0.39, 0.29) is 11.9 Å². The Balaban J connectivity index is 0.000000234. The van der Waals surface area contributed by atoms with Crippen LogP contribution in [0.2, 0.25) is 0 Å². The van der Waals surface area contributed by atoms with Crippen LogP contribution in [-0.4, -0.2) is 59.5 Å². The largest absolute Gasteiger partial charge is 0.393 e. The lowest BCUT2D eigenvalue weighted by atomic mass is 10.0. The Morgan fingerprint density at radius 1 is 0.966 bits per heavy atom. The van der Waals surface area contributed by atoms with Gasteiger partial charge in [-0.3, -0.25) is 14.6 Å². The van der Waals surface area contributed by atoms with E-state index in [1.54, 1.807) is 6.92 Å². The molecule has 1 atom stereocenters. The normalized spacial score (nSPS) is 16.0. The van der Waals surface area contributed by atoms with E-state index in [1.165, 1.54) is 22.3 Å². The van der Waals surface area contributed by atoms with Gasteiger partial charge in [-0.05, 0) is 50.8 Å². The number of aryl methyl sites for hydroxylation is 2. The van der Waals surface area contributed by atoms with Gasteiger partial charge >= 0.3 is 0 Å². The molecule has 29 heavy (non-hydrogen) atoms. The van der Waals surface area contributed by atoms with Gasteiger partial charge in [-0.1, -0.05) is 54.1 Å². The van der Waals surface area contributed by atoms with Gasteiger partial charge in [0, 0.05) is 32.7 Å². The SMILES string of the molecule is CC(=O)CN1CCN(Cc2ccc(C)cc2)CC1.Cc1ccccc1CC(C)O. The molecule has 3 rings (SSSR count). The van der Waals surface area contributed by atoms with E-state index in [4.69, 9.17) is 5.11 Å². The summed E-state index contributed by atoms with van der Waals surface area (Å²) >= 11 is 0. The highest BCUT2D eigenvalue weighted by Gasteiger charge is 2.17. The van der Waals surface area contributed by atoms with Crippen LogP contribution in [0, 0.1) is 13.8 Å². The zero-order valence-electron chi connectivity index (χ0n) is 18.4. The smallest absolute Gasteiger partial charge is 0.143 e. The zero-order valence-corrected chi connectivity index (χ0v) is 18.4. The van der Waals surface area contributed by atoms with Crippen LogP contribution in [0.25, 0.3) is 0 Å². The molecule has 0 saturated carbocycles. The number of rotatable bonds is 6. The maximum absolute atomic E-state index is 11.1. The molecule has 1 fully saturated rings. The highest BCUT2D eigenvalue weighted by atomic mass is 16.3. The first-order valence-corrected chi connectivity index (χ1v) is 10.6. The number of aliphatic hydroxyl groups is 1. The molecule has 1 unspecified atom stereocenters. The summed E-state index contributed by atoms with van der Waals surface area (Å²) in [5, 5.41) is 9.13. The number of piperazine rings is 1. The Morgan fingerprint density at radius 3 is 2.10 bits per heavy atom. The van der Waals surface area contributed by atoms with Gasteiger partial charge in [-0.25, -0.2) is 0 Å². The molecule has 0 aliphatic carbocycles. The quantitative estimate of drug-likeness (QED) is 0.810. The molecule has 1 saturated heterocycles. The molecule has 2 aromatic rings. The first-order chi connectivity index (χ1) is 13.8. The summed E-state index contributed by atoms with van der Waals surface area (Å²) in [6, 6.07) is 16.9. The number of carbonyl (C=O) groups excluding carboxylic acids is 1. The van der Waals surface area contributed by atoms with Gasteiger partial charge in [0.2, 0.25) is 0 Å². The van der Waals surface area contributed by atoms with Gasteiger partial charge in [0.05, 0.1) is 12.6 Å². The molecule has 0 aromatic heterocycles. The lowest BCUT2D eigenvalue weighted by Gasteiger charge is -2.34. The summed E-state index contributed by atoms with van der Waals surface area (Å²) in [7, 11) is 0. The average molecular weight is 397 g/mol. The number of nitrogens with zero attached hydrogens (tertiary/aromatic N) is 2. The fraction of sp³-hybridized carbons (Fsp3) is 0.480. The van der Waals surface area contributed by atoms with Gasteiger partial charge in [0.25, 0.3) is 0 Å². The van der Waals surface area contributed by atoms with Crippen molar-refractivity contribution in [3.05, 3.63) is 70.8 Å². The minimum Gasteiger partial charge on any atom is -0.393 e. The van der Waals surface area contributed by atoms with Crippen LogP contribution in [0.4, 0.5) is 0 Å². The van der Waals surface area contributed by atoms with Gasteiger partial charge in [0.1, 0.15) is 5.78 Å². The lowest BCUT2D eigenvalue weighted by Crippen LogP contribution is -2.47.